The number of ether oxygens (including phenoxy) is 1. The molecule has 1 fully saturated rings. The van der Waals surface area contributed by atoms with Gasteiger partial charge >= 0.3 is 0 Å². The number of anilines is 1. The van der Waals surface area contributed by atoms with Gasteiger partial charge in [0.05, 0.1) is 11.7 Å². The summed E-state index contributed by atoms with van der Waals surface area (Å²) >= 11 is 0. The molecule has 2 atom stereocenters. The Morgan fingerprint density at radius 3 is 2.76 bits per heavy atom. The lowest BCUT2D eigenvalue weighted by molar-refractivity contribution is -0.160. The summed E-state index contributed by atoms with van der Waals surface area (Å²) in [6, 6.07) is 6.83. The highest BCUT2D eigenvalue weighted by molar-refractivity contribution is 5.95. The Bertz CT molecular complexity index is 820. The lowest BCUT2D eigenvalue weighted by Crippen LogP contribution is -2.51. The second-order valence-electron chi connectivity index (χ2n) is 6.02. The monoisotopic (exact) mass is 346 g/mol. The molecule has 1 aliphatic heterocycles. The third-order valence-corrected chi connectivity index (χ3v) is 4.19. The van der Waals surface area contributed by atoms with Crippen LogP contribution in [0.4, 0.5) is 10.2 Å². The molecule has 0 radical (unpaired) electrons. The Morgan fingerprint density at radius 1 is 1.36 bits per heavy atom. The number of aryl methyl sites for hydroxylation is 2. The molecule has 2 unspecified atom stereocenters. The van der Waals surface area contributed by atoms with Crippen molar-refractivity contribution in [2.75, 3.05) is 19.0 Å². The van der Waals surface area contributed by atoms with Crippen molar-refractivity contribution in [2.45, 2.75) is 19.1 Å². The maximum absolute atomic E-state index is 13.6. The van der Waals surface area contributed by atoms with Crippen molar-refractivity contribution in [1.29, 1.82) is 0 Å². The van der Waals surface area contributed by atoms with Crippen molar-refractivity contribution < 1.29 is 18.7 Å². The fourth-order valence-electron chi connectivity index (χ4n) is 2.95. The highest BCUT2D eigenvalue weighted by Gasteiger charge is 2.40. The molecule has 3 rings (SSSR count). The first kappa shape index (κ1) is 17.1. The minimum absolute atomic E-state index is 0.204. The van der Waals surface area contributed by atoms with E-state index in [0.29, 0.717) is 11.4 Å². The standard InChI is InChI=1S/C17H19FN4O3/c1-10-7-13(22(3)20-10)19-17(24)16-15(21(2)14(23)9-25-16)11-5-4-6-12(18)8-11/h4-8,15-16H,9H2,1-3H3,(H,19,24). The van der Waals surface area contributed by atoms with Crippen LogP contribution in [-0.2, 0) is 21.4 Å². The first-order valence-corrected chi connectivity index (χ1v) is 7.81. The van der Waals surface area contributed by atoms with E-state index in [1.54, 1.807) is 30.9 Å². The van der Waals surface area contributed by atoms with E-state index in [1.165, 1.54) is 23.1 Å². The summed E-state index contributed by atoms with van der Waals surface area (Å²) in [6.45, 7) is 1.61. The van der Waals surface area contributed by atoms with E-state index in [-0.39, 0.29) is 12.5 Å². The van der Waals surface area contributed by atoms with Crippen LogP contribution < -0.4 is 5.32 Å². The van der Waals surface area contributed by atoms with Crippen molar-refractivity contribution >= 4 is 17.6 Å². The fraction of sp³-hybridized carbons (Fsp3) is 0.353. The van der Waals surface area contributed by atoms with Crippen LogP contribution in [0.2, 0.25) is 0 Å². The molecule has 132 valence electrons. The SMILES string of the molecule is Cc1cc(NC(=O)C2OCC(=O)N(C)C2c2cccc(F)c2)n(C)n1. The number of rotatable bonds is 3. The summed E-state index contributed by atoms with van der Waals surface area (Å²) in [5.41, 5.74) is 1.26. The molecule has 2 amide bonds. The van der Waals surface area contributed by atoms with Crippen molar-refractivity contribution in [3.8, 4) is 0 Å². The number of hydrogen-bond acceptors (Lipinski definition) is 4. The van der Waals surface area contributed by atoms with Gasteiger partial charge in [0, 0.05) is 20.2 Å². The number of likely N-dealkylation sites (N-methyl/N-ethyl adjacent to an activating group) is 1. The molecule has 1 saturated heterocycles. The van der Waals surface area contributed by atoms with Gasteiger partial charge in [0.1, 0.15) is 18.2 Å². The summed E-state index contributed by atoms with van der Waals surface area (Å²) in [4.78, 5) is 26.2. The van der Waals surface area contributed by atoms with Crippen LogP contribution in [0.5, 0.6) is 0 Å². The Kier molecular flexibility index (Phi) is 4.54. The van der Waals surface area contributed by atoms with Gasteiger partial charge in [0.15, 0.2) is 6.10 Å². The molecule has 1 aromatic carbocycles. The normalized spacial score (nSPS) is 20.6. The predicted molar refractivity (Wildman–Crippen MR) is 88.2 cm³/mol. The molecular weight excluding hydrogens is 327 g/mol. The van der Waals surface area contributed by atoms with Crippen LogP contribution in [0.15, 0.2) is 30.3 Å². The fourth-order valence-corrected chi connectivity index (χ4v) is 2.95. The molecule has 7 nitrogen and oxygen atoms in total. The van der Waals surface area contributed by atoms with Gasteiger partial charge in [-0.2, -0.15) is 5.10 Å². The van der Waals surface area contributed by atoms with Gasteiger partial charge < -0.3 is 15.0 Å². The number of halogens is 1. The van der Waals surface area contributed by atoms with Crippen molar-refractivity contribution in [1.82, 2.24) is 14.7 Å². The number of nitrogens with one attached hydrogen (secondary N) is 1. The maximum atomic E-state index is 13.6. The number of nitrogens with zero attached hydrogens (tertiary/aromatic N) is 3. The number of benzene rings is 1. The summed E-state index contributed by atoms with van der Waals surface area (Å²) < 4.78 is 20.7. The smallest absolute Gasteiger partial charge is 0.257 e. The second-order valence-corrected chi connectivity index (χ2v) is 6.02. The molecule has 0 aliphatic carbocycles. The second kappa shape index (κ2) is 6.64. The molecule has 8 heteroatoms. The van der Waals surface area contributed by atoms with Gasteiger partial charge in [0.25, 0.3) is 5.91 Å². The van der Waals surface area contributed by atoms with Crippen LogP contribution in [0.25, 0.3) is 0 Å². The van der Waals surface area contributed by atoms with E-state index < -0.39 is 23.9 Å². The minimum Gasteiger partial charge on any atom is -0.356 e. The van der Waals surface area contributed by atoms with Gasteiger partial charge in [-0.1, -0.05) is 12.1 Å². The van der Waals surface area contributed by atoms with Gasteiger partial charge in [-0.15, -0.1) is 0 Å². The number of carbonyl (C=O) groups excluding carboxylic acids is 2. The van der Waals surface area contributed by atoms with E-state index in [2.05, 4.69) is 10.4 Å². The molecule has 25 heavy (non-hydrogen) atoms. The van der Waals surface area contributed by atoms with E-state index >= 15 is 0 Å². The molecule has 1 aliphatic rings. The number of morpholine rings is 1. The van der Waals surface area contributed by atoms with Crippen LogP contribution >= 0.6 is 0 Å². The van der Waals surface area contributed by atoms with Crippen molar-refractivity contribution in [3.63, 3.8) is 0 Å². The molecule has 2 heterocycles. The predicted octanol–water partition coefficient (Wildman–Crippen LogP) is 1.40. The number of hydrogen-bond donors (Lipinski definition) is 1. The Morgan fingerprint density at radius 2 is 2.12 bits per heavy atom. The lowest BCUT2D eigenvalue weighted by Gasteiger charge is -2.38. The minimum atomic E-state index is -0.959. The summed E-state index contributed by atoms with van der Waals surface area (Å²) in [5.74, 6) is -0.611. The summed E-state index contributed by atoms with van der Waals surface area (Å²) in [6.07, 6.45) is -0.959. The highest BCUT2D eigenvalue weighted by atomic mass is 19.1. The van der Waals surface area contributed by atoms with Crippen LogP contribution in [0.3, 0.4) is 0 Å². The summed E-state index contributed by atoms with van der Waals surface area (Å²) in [5, 5.41) is 6.93. The molecule has 0 saturated carbocycles. The molecule has 0 bridgehead atoms. The van der Waals surface area contributed by atoms with Crippen molar-refractivity contribution in [2.24, 2.45) is 7.05 Å². The molecule has 0 spiro atoms. The highest BCUT2D eigenvalue weighted by Crippen LogP contribution is 2.30. The maximum Gasteiger partial charge on any atom is 0.257 e. The number of carbonyl (C=O) groups is 2. The number of amides is 2. The van der Waals surface area contributed by atoms with E-state index in [0.717, 1.165) is 5.69 Å². The van der Waals surface area contributed by atoms with Gasteiger partial charge in [-0.25, -0.2) is 4.39 Å². The summed E-state index contributed by atoms with van der Waals surface area (Å²) in [7, 11) is 3.29. The van der Waals surface area contributed by atoms with Crippen LogP contribution in [-0.4, -0.2) is 46.3 Å². The van der Waals surface area contributed by atoms with Crippen molar-refractivity contribution in [3.05, 3.63) is 47.4 Å². The third kappa shape index (κ3) is 3.39. The average molecular weight is 346 g/mol. The molecule has 2 aromatic rings. The van der Waals surface area contributed by atoms with E-state index in [9.17, 15) is 14.0 Å². The molecular formula is C17H19FN4O3. The van der Waals surface area contributed by atoms with Crippen LogP contribution in [0, 0.1) is 12.7 Å². The Hall–Kier alpha value is -2.74. The first-order valence-electron chi connectivity index (χ1n) is 7.81. The zero-order valence-corrected chi connectivity index (χ0v) is 14.2. The lowest BCUT2D eigenvalue weighted by atomic mass is 9.97. The van der Waals surface area contributed by atoms with Gasteiger partial charge in [-0.05, 0) is 24.6 Å². The Labute approximate surface area is 144 Å². The van der Waals surface area contributed by atoms with E-state index in [4.69, 9.17) is 4.74 Å². The zero-order valence-electron chi connectivity index (χ0n) is 14.2. The molecule has 1 N–H and O–H groups in total. The van der Waals surface area contributed by atoms with Crippen LogP contribution in [0.1, 0.15) is 17.3 Å². The zero-order chi connectivity index (χ0) is 18.1. The Balaban J connectivity index is 1.90. The van der Waals surface area contributed by atoms with Gasteiger partial charge in [-0.3, -0.25) is 14.3 Å². The quantitative estimate of drug-likeness (QED) is 0.912. The van der Waals surface area contributed by atoms with Gasteiger partial charge in [0.2, 0.25) is 5.91 Å². The topological polar surface area (TPSA) is 76.5 Å². The third-order valence-electron chi connectivity index (χ3n) is 4.19. The largest absolute Gasteiger partial charge is 0.356 e. The molecule has 1 aromatic heterocycles. The average Bonchev–Trinajstić information content (AvgIpc) is 2.87. The first-order chi connectivity index (χ1) is 11.9. The van der Waals surface area contributed by atoms with E-state index in [1.807, 2.05) is 6.92 Å². The number of aromatic nitrogens is 2.